The predicted molar refractivity (Wildman–Crippen MR) is 106 cm³/mol. The first-order valence-corrected chi connectivity index (χ1v) is 8.72. The minimum atomic E-state index is -1.82. The molecule has 0 radical (unpaired) electrons. The number of halogens is 3. The summed E-state index contributed by atoms with van der Waals surface area (Å²) in [6.07, 6.45) is 2.18. The molecule has 5 nitrogen and oxygen atoms in total. The Bertz CT molecular complexity index is 735. The Kier molecular flexibility index (Phi) is 6.84. The molecule has 1 atom stereocenters. The number of hydrogen-bond acceptors (Lipinski definition) is 3. The van der Waals surface area contributed by atoms with E-state index in [4.69, 9.17) is 47.0 Å². The minimum absolute atomic E-state index is 0.175. The molecule has 2 aromatic rings. The highest BCUT2D eigenvalue weighted by atomic mass is 35.6. The van der Waals surface area contributed by atoms with Crippen LogP contribution in [0.4, 0.5) is 5.69 Å². The van der Waals surface area contributed by atoms with Crippen LogP contribution in [0, 0.1) is 6.92 Å². The highest BCUT2D eigenvalue weighted by Crippen LogP contribution is 2.29. The number of carbonyl (C=O) groups is 1. The van der Waals surface area contributed by atoms with E-state index in [0.29, 0.717) is 11.3 Å². The highest BCUT2D eigenvalue weighted by molar-refractivity contribution is 7.80. The lowest BCUT2D eigenvalue weighted by atomic mass is 10.1. The number of amides is 1. The molecule has 0 saturated carbocycles. The average Bonchev–Trinajstić information content (AvgIpc) is 2.54. The van der Waals surface area contributed by atoms with Crippen LogP contribution in [0.15, 0.2) is 48.8 Å². The summed E-state index contributed by atoms with van der Waals surface area (Å²) in [6, 6.07) is 10.5. The smallest absolute Gasteiger partial charge is 0.252 e. The Labute approximate surface area is 166 Å². The fourth-order valence-electron chi connectivity index (χ4n) is 1.85. The van der Waals surface area contributed by atoms with E-state index in [0.717, 1.165) is 5.56 Å². The topological polar surface area (TPSA) is 66.1 Å². The summed E-state index contributed by atoms with van der Waals surface area (Å²) in [7, 11) is 0. The van der Waals surface area contributed by atoms with E-state index in [1.807, 2.05) is 19.1 Å². The number of pyridine rings is 1. The number of benzene rings is 1. The van der Waals surface area contributed by atoms with E-state index in [1.54, 1.807) is 36.7 Å². The maximum absolute atomic E-state index is 12.4. The lowest BCUT2D eigenvalue weighted by molar-refractivity contribution is 0.0934. The Morgan fingerprint density at radius 3 is 2.40 bits per heavy atom. The second-order valence-corrected chi connectivity index (χ2v) is 7.93. The molecule has 0 aliphatic heterocycles. The zero-order valence-electron chi connectivity index (χ0n) is 13.1. The maximum Gasteiger partial charge on any atom is 0.252 e. The van der Waals surface area contributed by atoms with Gasteiger partial charge in [-0.25, -0.2) is 0 Å². The molecule has 3 N–H and O–H groups in total. The number of aromatic nitrogens is 1. The predicted octanol–water partition coefficient (Wildman–Crippen LogP) is 3.80. The van der Waals surface area contributed by atoms with Crippen molar-refractivity contribution < 1.29 is 4.79 Å². The van der Waals surface area contributed by atoms with Gasteiger partial charge in [-0.2, -0.15) is 0 Å². The summed E-state index contributed by atoms with van der Waals surface area (Å²) >= 11 is 23.1. The molecule has 25 heavy (non-hydrogen) atoms. The van der Waals surface area contributed by atoms with E-state index < -0.39 is 15.9 Å². The monoisotopic (exact) mass is 416 g/mol. The van der Waals surface area contributed by atoms with Gasteiger partial charge in [0.15, 0.2) is 5.11 Å². The fourth-order valence-corrected chi connectivity index (χ4v) is 2.42. The number of nitrogens with one attached hydrogen (secondary N) is 3. The summed E-state index contributed by atoms with van der Waals surface area (Å²) < 4.78 is -1.82. The molecule has 1 unspecified atom stereocenters. The van der Waals surface area contributed by atoms with E-state index in [1.165, 1.54) is 0 Å². The third-order valence-electron chi connectivity index (χ3n) is 3.11. The Balaban J connectivity index is 2.04. The van der Waals surface area contributed by atoms with Gasteiger partial charge in [0.1, 0.15) is 6.17 Å². The highest BCUT2D eigenvalue weighted by Gasteiger charge is 2.34. The SMILES string of the molecule is Cc1ccc(C(=O)NC(NC(=S)Nc2cccnc2)C(Cl)(Cl)Cl)cc1. The standard InChI is InChI=1S/C16H15Cl3N4OS/c1-10-4-6-11(7-5-10)13(24)22-14(16(17,18)19)23-15(25)21-12-3-2-8-20-9-12/h2-9,14H,1H3,(H,22,24)(H2,21,23,25). The Morgan fingerprint density at radius 1 is 1.16 bits per heavy atom. The van der Waals surface area contributed by atoms with Gasteiger partial charge in [-0.1, -0.05) is 52.5 Å². The zero-order valence-corrected chi connectivity index (χ0v) is 16.2. The van der Waals surface area contributed by atoms with Crippen LogP contribution in [0.25, 0.3) is 0 Å². The quantitative estimate of drug-likeness (QED) is 0.401. The van der Waals surface area contributed by atoms with Crippen molar-refractivity contribution in [2.75, 3.05) is 5.32 Å². The van der Waals surface area contributed by atoms with Gasteiger partial charge in [0, 0.05) is 11.8 Å². The van der Waals surface area contributed by atoms with Crippen LogP contribution >= 0.6 is 47.0 Å². The third-order valence-corrected chi connectivity index (χ3v) is 3.99. The molecule has 0 aliphatic rings. The number of aryl methyl sites for hydroxylation is 1. The van der Waals surface area contributed by atoms with Crippen molar-refractivity contribution in [1.82, 2.24) is 15.6 Å². The summed E-state index contributed by atoms with van der Waals surface area (Å²) in [5, 5.41) is 8.47. The van der Waals surface area contributed by atoms with Crippen LogP contribution in [0.3, 0.4) is 0 Å². The molecule has 0 aliphatic carbocycles. The largest absolute Gasteiger partial charge is 0.339 e. The molecule has 0 saturated heterocycles. The van der Waals surface area contributed by atoms with Crippen molar-refractivity contribution in [1.29, 1.82) is 0 Å². The van der Waals surface area contributed by atoms with E-state index >= 15 is 0 Å². The lowest BCUT2D eigenvalue weighted by Gasteiger charge is -2.27. The lowest BCUT2D eigenvalue weighted by Crippen LogP contribution is -2.56. The number of carbonyl (C=O) groups excluding carboxylic acids is 1. The number of hydrogen-bond donors (Lipinski definition) is 3. The van der Waals surface area contributed by atoms with Crippen molar-refractivity contribution in [3.8, 4) is 0 Å². The molecule has 2 rings (SSSR count). The first kappa shape index (κ1) is 19.7. The molecule has 0 spiro atoms. The maximum atomic E-state index is 12.4. The van der Waals surface area contributed by atoms with Crippen LogP contribution in [-0.4, -0.2) is 26.0 Å². The van der Waals surface area contributed by atoms with Gasteiger partial charge in [0.2, 0.25) is 3.79 Å². The van der Waals surface area contributed by atoms with Crippen molar-refractivity contribution in [3.63, 3.8) is 0 Å². The number of anilines is 1. The van der Waals surface area contributed by atoms with Gasteiger partial charge in [-0.3, -0.25) is 9.78 Å². The zero-order chi connectivity index (χ0) is 18.4. The summed E-state index contributed by atoms with van der Waals surface area (Å²) in [5.41, 5.74) is 2.14. The van der Waals surface area contributed by atoms with Gasteiger partial charge in [-0.15, -0.1) is 0 Å². The average molecular weight is 418 g/mol. The van der Waals surface area contributed by atoms with Gasteiger partial charge in [0.25, 0.3) is 5.91 Å². The number of nitrogens with zero attached hydrogens (tertiary/aromatic N) is 1. The number of rotatable bonds is 4. The molecule has 1 heterocycles. The molecule has 1 amide bonds. The van der Waals surface area contributed by atoms with Gasteiger partial charge in [-0.05, 0) is 43.4 Å². The van der Waals surface area contributed by atoms with Gasteiger partial charge < -0.3 is 16.0 Å². The van der Waals surface area contributed by atoms with Crippen LogP contribution in [-0.2, 0) is 0 Å². The van der Waals surface area contributed by atoms with Crippen molar-refractivity contribution in [3.05, 3.63) is 59.9 Å². The molecule has 132 valence electrons. The molecular weight excluding hydrogens is 403 g/mol. The molecular formula is C16H15Cl3N4OS. The van der Waals surface area contributed by atoms with Gasteiger partial charge in [0.05, 0.1) is 11.9 Å². The van der Waals surface area contributed by atoms with Crippen molar-refractivity contribution in [2.24, 2.45) is 0 Å². The van der Waals surface area contributed by atoms with Crippen LogP contribution in [0.2, 0.25) is 0 Å². The molecule has 1 aromatic heterocycles. The second-order valence-electron chi connectivity index (χ2n) is 5.15. The second kappa shape index (κ2) is 8.67. The number of alkyl halides is 3. The summed E-state index contributed by atoms with van der Waals surface area (Å²) in [4.78, 5) is 16.3. The first-order valence-electron chi connectivity index (χ1n) is 7.17. The number of thiocarbonyl (C=S) groups is 1. The normalized spacial score (nSPS) is 12.2. The van der Waals surface area contributed by atoms with Crippen LogP contribution in [0.5, 0.6) is 0 Å². The van der Waals surface area contributed by atoms with E-state index in [2.05, 4.69) is 20.9 Å². The molecule has 9 heteroatoms. The minimum Gasteiger partial charge on any atom is -0.339 e. The Hall–Kier alpha value is -1.60. The molecule has 0 bridgehead atoms. The van der Waals surface area contributed by atoms with Crippen molar-refractivity contribution in [2.45, 2.75) is 16.9 Å². The summed E-state index contributed by atoms with van der Waals surface area (Å²) in [6.45, 7) is 1.93. The molecule has 1 aromatic carbocycles. The van der Waals surface area contributed by atoms with Gasteiger partial charge >= 0.3 is 0 Å². The van der Waals surface area contributed by atoms with Crippen molar-refractivity contribution >= 4 is 63.7 Å². The first-order chi connectivity index (χ1) is 11.8. The third kappa shape index (κ3) is 6.32. The van der Waals surface area contributed by atoms with E-state index in [-0.39, 0.29) is 5.11 Å². The Morgan fingerprint density at radius 2 is 1.84 bits per heavy atom. The van der Waals surface area contributed by atoms with Crippen LogP contribution in [0.1, 0.15) is 15.9 Å². The molecule has 0 fully saturated rings. The van der Waals surface area contributed by atoms with Crippen LogP contribution < -0.4 is 16.0 Å². The van der Waals surface area contributed by atoms with E-state index in [9.17, 15) is 4.79 Å². The fraction of sp³-hybridized carbons (Fsp3) is 0.188. The summed E-state index contributed by atoms with van der Waals surface area (Å²) in [5.74, 6) is -0.395.